The van der Waals surface area contributed by atoms with Crippen LogP contribution in [0.25, 0.3) is 0 Å². The molecular weight excluding hydrogens is 440 g/mol. The lowest BCUT2D eigenvalue weighted by Gasteiger charge is -2.14. The van der Waals surface area contributed by atoms with Crippen LogP contribution in [-0.4, -0.2) is 14.3 Å². The Morgan fingerprint density at radius 2 is 1.50 bits per heavy atom. The summed E-state index contributed by atoms with van der Waals surface area (Å²) in [6, 6.07) is 18.4. The molecule has 0 fully saturated rings. The third-order valence-corrected chi connectivity index (χ3v) is 6.30. The predicted octanol–water partition coefficient (Wildman–Crippen LogP) is 5.12. The van der Waals surface area contributed by atoms with Gasteiger partial charge in [-0.05, 0) is 67.4 Å². The molecule has 0 radical (unpaired) electrons. The number of carbonyl (C=O) groups is 1. The van der Waals surface area contributed by atoms with Gasteiger partial charge in [-0.3, -0.25) is 9.52 Å². The van der Waals surface area contributed by atoms with Crippen molar-refractivity contribution >= 4 is 43.2 Å². The van der Waals surface area contributed by atoms with Crippen molar-refractivity contribution in [3.05, 3.63) is 87.9 Å². The Morgan fingerprint density at radius 3 is 2.21 bits per heavy atom. The summed E-state index contributed by atoms with van der Waals surface area (Å²) in [5.41, 5.74) is 3.17. The maximum atomic E-state index is 12.8. The van der Waals surface area contributed by atoms with Crippen LogP contribution in [0.4, 0.5) is 11.4 Å². The van der Waals surface area contributed by atoms with E-state index in [2.05, 4.69) is 26.0 Å². The van der Waals surface area contributed by atoms with Crippen molar-refractivity contribution in [1.82, 2.24) is 0 Å². The van der Waals surface area contributed by atoms with E-state index in [1.165, 1.54) is 12.1 Å². The average molecular weight is 459 g/mol. The minimum absolute atomic E-state index is 0.112. The highest BCUT2D eigenvalue weighted by molar-refractivity contribution is 9.10. The molecule has 0 aliphatic rings. The lowest BCUT2D eigenvalue weighted by Crippen LogP contribution is -2.19. The Hall–Kier alpha value is -2.64. The zero-order valence-electron chi connectivity index (χ0n) is 15.4. The number of anilines is 2. The summed E-state index contributed by atoms with van der Waals surface area (Å²) < 4.78 is 28.7. The summed E-state index contributed by atoms with van der Waals surface area (Å²) in [5, 5.41) is 2.86. The van der Waals surface area contributed by atoms with Gasteiger partial charge in [-0.1, -0.05) is 40.2 Å². The van der Waals surface area contributed by atoms with E-state index in [9.17, 15) is 13.2 Å². The molecule has 144 valence electrons. The van der Waals surface area contributed by atoms with Crippen LogP contribution in [0, 0.1) is 13.8 Å². The summed E-state index contributed by atoms with van der Waals surface area (Å²) >= 11 is 3.28. The Balaban J connectivity index is 1.89. The largest absolute Gasteiger partial charge is 0.322 e. The summed E-state index contributed by atoms with van der Waals surface area (Å²) in [6.07, 6.45) is 0. The molecule has 2 N–H and O–H groups in total. The van der Waals surface area contributed by atoms with Crippen molar-refractivity contribution in [1.29, 1.82) is 0 Å². The van der Waals surface area contributed by atoms with Crippen LogP contribution in [0.5, 0.6) is 0 Å². The van der Waals surface area contributed by atoms with Crippen LogP contribution in [0.3, 0.4) is 0 Å². The standard InChI is InChI=1S/C21H19BrN2O3S/c1-14-6-5-9-19(15(14)2)23-21(25)18-7-3-4-8-20(18)24-28(26,27)17-12-10-16(22)11-13-17/h3-13,24H,1-2H3,(H,23,25). The van der Waals surface area contributed by atoms with Crippen molar-refractivity contribution in [2.45, 2.75) is 18.7 Å². The minimum Gasteiger partial charge on any atom is -0.322 e. The third-order valence-electron chi connectivity index (χ3n) is 4.39. The molecule has 7 heteroatoms. The second kappa shape index (κ2) is 8.16. The number of nitrogens with one attached hydrogen (secondary N) is 2. The van der Waals surface area contributed by atoms with Crippen molar-refractivity contribution < 1.29 is 13.2 Å². The van der Waals surface area contributed by atoms with Crippen LogP contribution in [0.15, 0.2) is 76.1 Å². The number of aryl methyl sites for hydroxylation is 1. The predicted molar refractivity (Wildman–Crippen MR) is 115 cm³/mol. The number of sulfonamides is 1. The maximum Gasteiger partial charge on any atom is 0.261 e. The summed E-state index contributed by atoms with van der Waals surface area (Å²) in [5.74, 6) is -0.386. The molecule has 0 aliphatic carbocycles. The van der Waals surface area contributed by atoms with E-state index in [0.717, 1.165) is 15.6 Å². The Bertz CT molecular complexity index is 1130. The van der Waals surface area contributed by atoms with E-state index in [1.807, 2.05) is 32.0 Å². The Morgan fingerprint density at radius 1 is 0.857 bits per heavy atom. The molecule has 0 atom stereocenters. The first-order valence-electron chi connectivity index (χ1n) is 8.53. The van der Waals surface area contributed by atoms with Gasteiger partial charge >= 0.3 is 0 Å². The first kappa shape index (κ1) is 20.1. The molecule has 0 spiro atoms. The van der Waals surface area contributed by atoms with Gasteiger partial charge < -0.3 is 5.32 Å². The van der Waals surface area contributed by atoms with Gasteiger partial charge in [-0.2, -0.15) is 0 Å². The second-order valence-corrected chi connectivity index (χ2v) is 8.90. The van der Waals surface area contributed by atoms with E-state index in [4.69, 9.17) is 0 Å². The first-order valence-corrected chi connectivity index (χ1v) is 10.8. The summed E-state index contributed by atoms with van der Waals surface area (Å²) in [4.78, 5) is 12.9. The minimum atomic E-state index is -3.82. The van der Waals surface area contributed by atoms with E-state index in [-0.39, 0.29) is 22.1 Å². The van der Waals surface area contributed by atoms with Gasteiger partial charge in [0, 0.05) is 10.2 Å². The van der Waals surface area contributed by atoms with Crippen molar-refractivity contribution in [3.8, 4) is 0 Å². The van der Waals surface area contributed by atoms with Gasteiger partial charge in [0.15, 0.2) is 0 Å². The van der Waals surface area contributed by atoms with Gasteiger partial charge in [0.05, 0.1) is 16.1 Å². The monoisotopic (exact) mass is 458 g/mol. The van der Waals surface area contributed by atoms with E-state index < -0.39 is 10.0 Å². The molecule has 5 nitrogen and oxygen atoms in total. The molecule has 0 aliphatic heterocycles. The number of halogens is 1. The van der Waals surface area contributed by atoms with Crippen LogP contribution < -0.4 is 10.0 Å². The number of amides is 1. The van der Waals surface area contributed by atoms with Crippen molar-refractivity contribution in [2.24, 2.45) is 0 Å². The molecule has 0 unspecified atom stereocenters. The van der Waals surface area contributed by atoms with Crippen LogP contribution in [0.1, 0.15) is 21.5 Å². The molecule has 0 saturated heterocycles. The quantitative estimate of drug-likeness (QED) is 0.556. The number of para-hydroxylation sites is 1. The fourth-order valence-electron chi connectivity index (χ4n) is 2.66. The Kier molecular flexibility index (Phi) is 5.86. The summed E-state index contributed by atoms with van der Waals surface area (Å²) in [6.45, 7) is 3.89. The van der Waals surface area contributed by atoms with E-state index >= 15 is 0 Å². The molecule has 1 amide bonds. The zero-order chi connectivity index (χ0) is 20.3. The number of carbonyl (C=O) groups excluding carboxylic acids is 1. The first-order chi connectivity index (χ1) is 13.3. The molecule has 3 rings (SSSR count). The molecule has 3 aromatic rings. The van der Waals surface area contributed by atoms with Gasteiger partial charge in [-0.15, -0.1) is 0 Å². The Labute approximate surface area is 173 Å². The van der Waals surface area contributed by atoms with Gasteiger partial charge in [0.2, 0.25) is 0 Å². The highest BCUT2D eigenvalue weighted by Gasteiger charge is 2.19. The lowest BCUT2D eigenvalue weighted by atomic mass is 10.1. The summed E-state index contributed by atoms with van der Waals surface area (Å²) in [7, 11) is -3.82. The van der Waals surface area contributed by atoms with Crippen LogP contribution >= 0.6 is 15.9 Å². The normalized spacial score (nSPS) is 11.1. The third kappa shape index (κ3) is 4.43. The van der Waals surface area contributed by atoms with E-state index in [0.29, 0.717) is 5.69 Å². The number of hydrogen-bond acceptors (Lipinski definition) is 3. The number of benzene rings is 3. The number of hydrogen-bond donors (Lipinski definition) is 2. The van der Waals surface area contributed by atoms with Gasteiger partial charge in [0.25, 0.3) is 15.9 Å². The molecule has 0 aromatic heterocycles. The molecule has 0 saturated carbocycles. The van der Waals surface area contributed by atoms with Crippen LogP contribution in [0.2, 0.25) is 0 Å². The number of rotatable bonds is 5. The zero-order valence-corrected chi connectivity index (χ0v) is 17.8. The van der Waals surface area contributed by atoms with E-state index in [1.54, 1.807) is 36.4 Å². The fourth-order valence-corrected chi connectivity index (χ4v) is 4.01. The molecule has 0 bridgehead atoms. The highest BCUT2D eigenvalue weighted by atomic mass is 79.9. The molecular formula is C21H19BrN2O3S. The fraction of sp³-hybridized carbons (Fsp3) is 0.0952. The SMILES string of the molecule is Cc1cccc(NC(=O)c2ccccc2NS(=O)(=O)c2ccc(Br)cc2)c1C. The average Bonchev–Trinajstić information content (AvgIpc) is 2.66. The van der Waals surface area contributed by atoms with Crippen molar-refractivity contribution in [2.75, 3.05) is 10.0 Å². The van der Waals surface area contributed by atoms with Gasteiger partial charge in [0.1, 0.15) is 0 Å². The lowest BCUT2D eigenvalue weighted by molar-refractivity contribution is 0.102. The van der Waals surface area contributed by atoms with Gasteiger partial charge in [-0.25, -0.2) is 8.42 Å². The molecule has 28 heavy (non-hydrogen) atoms. The maximum absolute atomic E-state index is 12.8. The topological polar surface area (TPSA) is 75.3 Å². The second-order valence-electron chi connectivity index (χ2n) is 6.31. The van der Waals surface area contributed by atoms with Crippen LogP contribution in [-0.2, 0) is 10.0 Å². The molecule has 3 aromatic carbocycles. The highest BCUT2D eigenvalue weighted by Crippen LogP contribution is 2.24. The smallest absolute Gasteiger partial charge is 0.261 e. The van der Waals surface area contributed by atoms with Crippen molar-refractivity contribution in [3.63, 3.8) is 0 Å². The molecule has 0 heterocycles.